The van der Waals surface area contributed by atoms with Crippen molar-refractivity contribution in [3.05, 3.63) is 65.0 Å². The number of hydrogen-bond acceptors (Lipinski definition) is 4. The Morgan fingerprint density at radius 2 is 1.78 bits per heavy atom. The van der Waals surface area contributed by atoms with Crippen LogP contribution in [0.5, 0.6) is 11.5 Å². The third kappa shape index (κ3) is 2.76. The van der Waals surface area contributed by atoms with Crippen LogP contribution in [0.3, 0.4) is 0 Å². The summed E-state index contributed by atoms with van der Waals surface area (Å²) in [5.41, 5.74) is 4.50. The highest BCUT2D eigenvalue weighted by Crippen LogP contribution is 2.37. The maximum atomic E-state index is 6.27. The third-order valence-corrected chi connectivity index (χ3v) is 5.03. The molecule has 7 heteroatoms. The zero-order chi connectivity index (χ0) is 18.4. The van der Waals surface area contributed by atoms with Gasteiger partial charge in [0.1, 0.15) is 11.5 Å². The number of H-pyrrole nitrogens is 2. The minimum atomic E-state index is 0.727. The molecule has 0 saturated carbocycles. The zero-order valence-electron chi connectivity index (χ0n) is 14.3. The molecule has 0 aliphatic rings. The molecule has 2 N–H and O–H groups in total. The fourth-order valence-corrected chi connectivity index (χ4v) is 3.44. The minimum Gasteiger partial charge on any atom is -0.457 e. The van der Waals surface area contributed by atoms with E-state index in [0.717, 1.165) is 54.7 Å². The smallest absolute Gasteiger partial charge is 0.139 e. The Bertz CT molecular complexity index is 1270. The Morgan fingerprint density at radius 1 is 0.963 bits per heavy atom. The van der Waals surface area contributed by atoms with Crippen molar-refractivity contribution in [2.24, 2.45) is 0 Å². The van der Waals surface area contributed by atoms with Gasteiger partial charge < -0.3 is 4.74 Å². The van der Waals surface area contributed by atoms with Gasteiger partial charge in [-0.15, -0.1) is 0 Å². The van der Waals surface area contributed by atoms with E-state index in [1.807, 2.05) is 49.4 Å². The number of halogens is 1. The molecule has 5 aromatic rings. The van der Waals surface area contributed by atoms with E-state index < -0.39 is 0 Å². The van der Waals surface area contributed by atoms with Crippen LogP contribution in [-0.4, -0.2) is 25.4 Å². The van der Waals surface area contributed by atoms with Crippen LogP contribution < -0.4 is 4.74 Å². The van der Waals surface area contributed by atoms with E-state index in [9.17, 15) is 0 Å². The Morgan fingerprint density at radius 3 is 2.56 bits per heavy atom. The van der Waals surface area contributed by atoms with Crippen LogP contribution in [-0.2, 0) is 0 Å². The van der Waals surface area contributed by atoms with Crippen LogP contribution in [0.4, 0.5) is 0 Å². The number of fused-ring (bicyclic) bond motifs is 3. The predicted octanol–water partition coefficient (Wildman–Crippen LogP) is 5.36. The normalized spacial score (nSPS) is 11.3. The van der Waals surface area contributed by atoms with Crippen LogP contribution in [0.1, 0.15) is 5.69 Å². The molecule has 6 nitrogen and oxygen atoms in total. The highest BCUT2D eigenvalue weighted by atomic mass is 79.9. The van der Waals surface area contributed by atoms with E-state index in [2.05, 4.69) is 36.3 Å². The average Bonchev–Trinajstić information content (AvgIpc) is 3.31. The molecule has 0 amide bonds. The molecule has 3 aromatic heterocycles. The van der Waals surface area contributed by atoms with E-state index in [-0.39, 0.29) is 0 Å². The van der Waals surface area contributed by atoms with Gasteiger partial charge >= 0.3 is 0 Å². The summed E-state index contributed by atoms with van der Waals surface area (Å²) in [6.45, 7) is 1.97. The molecule has 0 unspecified atom stereocenters. The fourth-order valence-electron chi connectivity index (χ4n) is 3.17. The number of pyridine rings is 1. The summed E-state index contributed by atoms with van der Waals surface area (Å²) in [6.07, 6.45) is 3.58. The van der Waals surface area contributed by atoms with Gasteiger partial charge in [-0.3, -0.25) is 10.2 Å². The Kier molecular flexibility index (Phi) is 3.68. The lowest BCUT2D eigenvalue weighted by atomic mass is 10.1. The van der Waals surface area contributed by atoms with Crippen molar-refractivity contribution in [2.75, 3.05) is 0 Å². The van der Waals surface area contributed by atoms with Gasteiger partial charge in [-0.2, -0.15) is 10.2 Å². The number of benzene rings is 2. The molecule has 0 atom stereocenters. The second kappa shape index (κ2) is 6.21. The highest BCUT2D eigenvalue weighted by Gasteiger charge is 2.15. The molecule has 0 aliphatic heterocycles. The van der Waals surface area contributed by atoms with Gasteiger partial charge in [0, 0.05) is 27.2 Å². The maximum Gasteiger partial charge on any atom is 0.139 e. The molecule has 0 saturated heterocycles. The number of nitrogens with one attached hydrogen (secondary N) is 2. The molecule has 3 heterocycles. The zero-order valence-corrected chi connectivity index (χ0v) is 15.9. The maximum absolute atomic E-state index is 6.27. The van der Waals surface area contributed by atoms with Gasteiger partial charge in [0.25, 0.3) is 0 Å². The Labute approximate surface area is 162 Å². The van der Waals surface area contributed by atoms with Crippen LogP contribution >= 0.6 is 15.9 Å². The number of rotatable bonds is 3. The average molecular weight is 420 g/mol. The van der Waals surface area contributed by atoms with Crippen molar-refractivity contribution < 1.29 is 4.74 Å². The van der Waals surface area contributed by atoms with E-state index in [1.54, 1.807) is 12.4 Å². The first-order valence-corrected chi connectivity index (χ1v) is 9.19. The van der Waals surface area contributed by atoms with Crippen molar-refractivity contribution in [1.82, 2.24) is 25.4 Å². The van der Waals surface area contributed by atoms with Crippen LogP contribution in [0.25, 0.3) is 33.1 Å². The van der Waals surface area contributed by atoms with Crippen molar-refractivity contribution in [3.63, 3.8) is 0 Å². The quantitative estimate of drug-likeness (QED) is 0.412. The topological polar surface area (TPSA) is 79.5 Å². The fraction of sp³-hybridized carbons (Fsp3) is 0.0500. The van der Waals surface area contributed by atoms with Crippen LogP contribution in [0.15, 0.2) is 59.3 Å². The lowest BCUT2D eigenvalue weighted by Crippen LogP contribution is -1.92. The predicted molar refractivity (Wildman–Crippen MR) is 108 cm³/mol. The lowest BCUT2D eigenvalue weighted by Gasteiger charge is -2.12. The summed E-state index contributed by atoms with van der Waals surface area (Å²) < 4.78 is 7.27. The van der Waals surface area contributed by atoms with Gasteiger partial charge in [0.15, 0.2) is 0 Å². The van der Waals surface area contributed by atoms with Crippen LogP contribution in [0.2, 0.25) is 0 Å². The Balaban J connectivity index is 1.77. The van der Waals surface area contributed by atoms with Gasteiger partial charge in [-0.25, -0.2) is 4.98 Å². The second-order valence-corrected chi connectivity index (χ2v) is 7.18. The molecular weight excluding hydrogens is 406 g/mol. The van der Waals surface area contributed by atoms with Crippen molar-refractivity contribution in [1.29, 1.82) is 0 Å². The molecule has 2 aromatic carbocycles. The summed E-state index contributed by atoms with van der Waals surface area (Å²) in [5, 5.41) is 16.2. The standard InChI is InChI=1S/C20H14BrN5O/c1-11-14(9-22-25-11)18-8-19(27-13-4-2-12(21)3-5-13)20-15-10-23-26-16(15)6-7-17(20)24-18/h2-10H,1H3,(H,22,25)(H,23,26). The van der Waals surface area contributed by atoms with Gasteiger partial charge in [0.2, 0.25) is 0 Å². The molecule has 0 radical (unpaired) electrons. The molecule has 0 fully saturated rings. The molecule has 132 valence electrons. The summed E-state index contributed by atoms with van der Waals surface area (Å²) in [5.74, 6) is 1.48. The van der Waals surface area contributed by atoms with Crippen LogP contribution in [0, 0.1) is 6.92 Å². The number of hydrogen-bond donors (Lipinski definition) is 2. The van der Waals surface area contributed by atoms with Gasteiger partial charge in [-0.1, -0.05) is 15.9 Å². The number of aromatic nitrogens is 5. The number of aromatic amines is 2. The van der Waals surface area contributed by atoms with E-state index in [1.165, 1.54) is 0 Å². The molecule has 27 heavy (non-hydrogen) atoms. The summed E-state index contributed by atoms with van der Waals surface area (Å²) in [4.78, 5) is 4.84. The third-order valence-electron chi connectivity index (χ3n) is 4.50. The monoisotopic (exact) mass is 419 g/mol. The van der Waals surface area contributed by atoms with Gasteiger partial charge in [-0.05, 0) is 43.3 Å². The first-order valence-electron chi connectivity index (χ1n) is 8.39. The van der Waals surface area contributed by atoms with Gasteiger partial charge in [0.05, 0.1) is 34.5 Å². The van der Waals surface area contributed by atoms with Crippen molar-refractivity contribution in [2.45, 2.75) is 6.92 Å². The largest absolute Gasteiger partial charge is 0.457 e. The highest BCUT2D eigenvalue weighted by molar-refractivity contribution is 9.10. The molecule has 0 aliphatic carbocycles. The minimum absolute atomic E-state index is 0.727. The van der Waals surface area contributed by atoms with E-state index in [0.29, 0.717) is 0 Å². The van der Waals surface area contributed by atoms with Crippen molar-refractivity contribution in [3.8, 4) is 22.8 Å². The van der Waals surface area contributed by atoms with E-state index in [4.69, 9.17) is 9.72 Å². The first kappa shape index (κ1) is 16.0. The molecule has 0 bridgehead atoms. The number of nitrogens with zero attached hydrogens (tertiary/aromatic N) is 3. The summed E-state index contributed by atoms with van der Waals surface area (Å²) in [6, 6.07) is 13.7. The number of ether oxygens (including phenoxy) is 1. The SMILES string of the molecule is Cc1[nH]ncc1-c1cc(Oc2ccc(Br)cc2)c2c(ccc3[nH]ncc32)n1. The number of aryl methyl sites for hydroxylation is 1. The second-order valence-electron chi connectivity index (χ2n) is 6.26. The van der Waals surface area contributed by atoms with Crippen molar-refractivity contribution >= 4 is 37.7 Å². The molecular formula is C20H14BrN5O. The lowest BCUT2D eigenvalue weighted by molar-refractivity contribution is 0.488. The molecule has 0 spiro atoms. The van der Waals surface area contributed by atoms with E-state index >= 15 is 0 Å². The first-order chi connectivity index (χ1) is 13.2. The summed E-state index contributed by atoms with van der Waals surface area (Å²) >= 11 is 3.46. The molecule has 5 rings (SSSR count). The summed E-state index contributed by atoms with van der Waals surface area (Å²) in [7, 11) is 0. The Hall–Kier alpha value is -3.19.